The maximum absolute atomic E-state index is 12.2. The fraction of sp³-hybridized carbons (Fsp3) is 0.133. The number of thioether (sulfide) groups is 1. The summed E-state index contributed by atoms with van der Waals surface area (Å²) in [5.41, 5.74) is 1.31. The quantitative estimate of drug-likeness (QED) is 0.828. The number of halogens is 1. The molecule has 0 radical (unpaired) electrons. The van der Waals surface area contributed by atoms with Gasteiger partial charge in [-0.2, -0.15) is 0 Å². The summed E-state index contributed by atoms with van der Waals surface area (Å²) in [6.07, 6.45) is 2.00. The molecule has 3 nitrogen and oxygen atoms in total. The van der Waals surface area contributed by atoms with Gasteiger partial charge in [0.15, 0.2) is 0 Å². The minimum Gasteiger partial charge on any atom is -0.497 e. The molecule has 2 aromatic carbocycles. The second-order valence-corrected chi connectivity index (χ2v) is 5.76. The second-order valence-electron chi connectivity index (χ2n) is 4.03. The highest BCUT2D eigenvalue weighted by Gasteiger charge is 2.09. The average Bonchev–Trinajstić information content (AvgIpc) is 2.49. The molecular weight excluding hydrogens is 338 g/mol. The zero-order chi connectivity index (χ0) is 14.5. The van der Waals surface area contributed by atoms with Crippen LogP contribution in [-0.4, -0.2) is 19.3 Å². The molecule has 1 amide bonds. The molecule has 2 aromatic rings. The molecule has 0 aliphatic rings. The third kappa shape index (κ3) is 3.55. The second kappa shape index (κ2) is 6.81. The monoisotopic (exact) mass is 351 g/mol. The lowest BCUT2D eigenvalue weighted by Gasteiger charge is -2.09. The molecule has 0 heterocycles. The predicted molar refractivity (Wildman–Crippen MR) is 86.9 cm³/mol. The van der Waals surface area contributed by atoms with Gasteiger partial charge in [0, 0.05) is 21.0 Å². The lowest BCUT2D eigenvalue weighted by molar-refractivity contribution is 0.102. The lowest BCUT2D eigenvalue weighted by Crippen LogP contribution is -2.12. The van der Waals surface area contributed by atoms with Gasteiger partial charge in [-0.05, 0) is 58.6 Å². The predicted octanol–water partition coefficient (Wildman–Crippen LogP) is 4.43. The Morgan fingerprint density at radius 1 is 1.20 bits per heavy atom. The largest absolute Gasteiger partial charge is 0.497 e. The van der Waals surface area contributed by atoms with Crippen molar-refractivity contribution in [3.8, 4) is 5.75 Å². The van der Waals surface area contributed by atoms with Crippen molar-refractivity contribution in [1.29, 1.82) is 0 Å². The summed E-state index contributed by atoms with van der Waals surface area (Å²) in [5.74, 6) is 0.549. The van der Waals surface area contributed by atoms with Gasteiger partial charge in [-0.3, -0.25) is 4.79 Å². The Kier molecular flexibility index (Phi) is 5.09. The standard InChI is InChI=1S/C15H14BrNO2S/c1-19-11-5-8-13(16)14(9-11)17-15(18)10-3-6-12(20-2)7-4-10/h3-9H,1-2H3,(H,17,18). The molecule has 0 unspecified atom stereocenters. The van der Waals surface area contributed by atoms with Gasteiger partial charge in [0.2, 0.25) is 0 Å². The van der Waals surface area contributed by atoms with Crippen molar-refractivity contribution in [3.63, 3.8) is 0 Å². The van der Waals surface area contributed by atoms with E-state index in [0.29, 0.717) is 17.0 Å². The highest BCUT2D eigenvalue weighted by Crippen LogP contribution is 2.27. The van der Waals surface area contributed by atoms with E-state index in [4.69, 9.17) is 4.74 Å². The van der Waals surface area contributed by atoms with E-state index in [1.807, 2.05) is 42.7 Å². The van der Waals surface area contributed by atoms with Gasteiger partial charge in [-0.15, -0.1) is 11.8 Å². The Balaban J connectivity index is 2.18. The maximum atomic E-state index is 12.2. The number of carbonyl (C=O) groups excluding carboxylic acids is 1. The van der Waals surface area contributed by atoms with Crippen LogP contribution in [-0.2, 0) is 0 Å². The third-order valence-electron chi connectivity index (χ3n) is 2.77. The van der Waals surface area contributed by atoms with Crippen LogP contribution in [0.3, 0.4) is 0 Å². The number of ether oxygens (including phenoxy) is 1. The van der Waals surface area contributed by atoms with Crippen molar-refractivity contribution in [2.75, 3.05) is 18.7 Å². The Morgan fingerprint density at radius 3 is 2.50 bits per heavy atom. The molecule has 0 atom stereocenters. The molecule has 0 fully saturated rings. The summed E-state index contributed by atoms with van der Waals surface area (Å²) >= 11 is 5.05. The van der Waals surface area contributed by atoms with Crippen molar-refractivity contribution in [2.45, 2.75) is 4.90 Å². The molecular formula is C15H14BrNO2S. The van der Waals surface area contributed by atoms with Crippen LogP contribution in [0.25, 0.3) is 0 Å². The summed E-state index contributed by atoms with van der Waals surface area (Å²) in [6, 6.07) is 12.9. The first-order chi connectivity index (χ1) is 9.63. The van der Waals surface area contributed by atoms with Gasteiger partial charge in [-0.25, -0.2) is 0 Å². The van der Waals surface area contributed by atoms with E-state index in [9.17, 15) is 4.79 Å². The number of benzene rings is 2. The molecule has 0 saturated heterocycles. The number of carbonyl (C=O) groups is 1. The van der Waals surface area contributed by atoms with Gasteiger partial charge < -0.3 is 10.1 Å². The Labute approximate surface area is 130 Å². The number of anilines is 1. The van der Waals surface area contributed by atoms with Gasteiger partial charge in [0.1, 0.15) is 5.75 Å². The molecule has 2 rings (SSSR count). The fourth-order valence-corrected chi connectivity index (χ4v) is 2.42. The normalized spacial score (nSPS) is 10.2. The Bertz CT molecular complexity index is 614. The van der Waals surface area contributed by atoms with Gasteiger partial charge >= 0.3 is 0 Å². The first kappa shape index (κ1) is 14.9. The number of hydrogen-bond acceptors (Lipinski definition) is 3. The van der Waals surface area contributed by atoms with Crippen LogP contribution in [0, 0.1) is 0 Å². The van der Waals surface area contributed by atoms with Crippen LogP contribution >= 0.6 is 27.7 Å². The molecule has 0 aromatic heterocycles. The molecule has 0 aliphatic carbocycles. The Hall–Kier alpha value is -1.46. The molecule has 1 N–H and O–H groups in total. The summed E-state index contributed by atoms with van der Waals surface area (Å²) in [4.78, 5) is 13.3. The van der Waals surface area contributed by atoms with Crippen molar-refractivity contribution in [2.24, 2.45) is 0 Å². The molecule has 104 valence electrons. The van der Waals surface area contributed by atoms with E-state index in [1.54, 1.807) is 24.9 Å². The first-order valence-corrected chi connectivity index (χ1v) is 7.94. The van der Waals surface area contributed by atoms with Crippen molar-refractivity contribution >= 4 is 39.3 Å². The highest BCUT2D eigenvalue weighted by atomic mass is 79.9. The molecule has 0 bridgehead atoms. The summed E-state index contributed by atoms with van der Waals surface area (Å²) < 4.78 is 5.96. The van der Waals surface area contributed by atoms with E-state index in [0.717, 1.165) is 9.37 Å². The number of amides is 1. The van der Waals surface area contributed by atoms with E-state index in [-0.39, 0.29) is 5.91 Å². The molecule has 0 aliphatic heterocycles. The van der Waals surface area contributed by atoms with Crippen LogP contribution < -0.4 is 10.1 Å². The van der Waals surface area contributed by atoms with Crippen LogP contribution in [0.4, 0.5) is 5.69 Å². The smallest absolute Gasteiger partial charge is 0.255 e. The average molecular weight is 352 g/mol. The fourth-order valence-electron chi connectivity index (χ4n) is 1.66. The zero-order valence-corrected chi connectivity index (χ0v) is 13.5. The first-order valence-electron chi connectivity index (χ1n) is 5.93. The number of rotatable bonds is 4. The zero-order valence-electron chi connectivity index (χ0n) is 11.1. The topological polar surface area (TPSA) is 38.3 Å². The van der Waals surface area contributed by atoms with Gasteiger partial charge in [-0.1, -0.05) is 0 Å². The van der Waals surface area contributed by atoms with Crippen molar-refractivity contribution in [1.82, 2.24) is 0 Å². The maximum Gasteiger partial charge on any atom is 0.255 e. The highest BCUT2D eigenvalue weighted by molar-refractivity contribution is 9.10. The van der Waals surface area contributed by atoms with Crippen LogP contribution in [0.5, 0.6) is 5.75 Å². The minimum absolute atomic E-state index is 0.147. The van der Waals surface area contributed by atoms with Gasteiger partial charge in [0.05, 0.1) is 12.8 Å². The van der Waals surface area contributed by atoms with Crippen LogP contribution in [0.2, 0.25) is 0 Å². The van der Waals surface area contributed by atoms with E-state index >= 15 is 0 Å². The molecule has 20 heavy (non-hydrogen) atoms. The summed E-state index contributed by atoms with van der Waals surface area (Å²) in [6.45, 7) is 0. The lowest BCUT2D eigenvalue weighted by atomic mass is 10.2. The van der Waals surface area contributed by atoms with E-state index < -0.39 is 0 Å². The number of methoxy groups -OCH3 is 1. The third-order valence-corrected chi connectivity index (χ3v) is 4.21. The Morgan fingerprint density at radius 2 is 1.90 bits per heavy atom. The van der Waals surface area contributed by atoms with Crippen molar-refractivity contribution < 1.29 is 9.53 Å². The van der Waals surface area contributed by atoms with Crippen LogP contribution in [0.15, 0.2) is 51.8 Å². The minimum atomic E-state index is -0.147. The van der Waals surface area contributed by atoms with Crippen LogP contribution in [0.1, 0.15) is 10.4 Å². The van der Waals surface area contributed by atoms with Gasteiger partial charge in [0.25, 0.3) is 5.91 Å². The van der Waals surface area contributed by atoms with Crippen molar-refractivity contribution in [3.05, 3.63) is 52.5 Å². The molecule has 0 spiro atoms. The van der Waals surface area contributed by atoms with E-state index in [2.05, 4.69) is 21.2 Å². The summed E-state index contributed by atoms with van der Waals surface area (Å²) in [7, 11) is 1.59. The molecule has 0 saturated carbocycles. The molecule has 5 heteroatoms. The summed E-state index contributed by atoms with van der Waals surface area (Å²) in [5, 5.41) is 2.87. The van der Waals surface area contributed by atoms with E-state index in [1.165, 1.54) is 0 Å². The number of hydrogen-bond donors (Lipinski definition) is 1. The SMILES string of the molecule is COc1ccc(Br)c(NC(=O)c2ccc(SC)cc2)c1. The number of nitrogens with one attached hydrogen (secondary N) is 1.